The van der Waals surface area contributed by atoms with Gasteiger partial charge in [-0.2, -0.15) is 0 Å². The van der Waals surface area contributed by atoms with Crippen LogP contribution in [0.3, 0.4) is 0 Å². The van der Waals surface area contributed by atoms with E-state index in [4.69, 9.17) is 5.21 Å². The molecule has 0 atom stereocenters. The van der Waals surface area contributed by atoms with Gasteiger partial charge in [0.2, 0.25) is 0 Å². The second-order valence-electron chi connectivity index (χ2n) is 3.15. The molecule has 0 radical (unpaired) electrons. The van der Waals surface area contributed by atoms with E-state index in [2.05, 4.69) is 18.1 Å². The van der Waals surface area contributed by atoms with E-state index in [1.165, 1.54) is 11.1 Å². The van der Waals surface area contributed by atoms with Crippen LogP contribution in [0.1, 0.15) is 23.1 Å². The van der Waals surface area contributed by atoms with Gasteiger partial charge in [0, 0.05) is 5.56 Å². The smallest absolute Gasteiger partial charge is 0.0873 e. The minimum absolute atomic E-state index is 0.828. The summed E-state index contributed by atoms with van der Waals surface area (Å²) in [5.41, 5.74) is 4.59. The summed E-state index contributed by atoms with van der Waals surface area (Å²) in [5, 5.41) is 12.0. The molecule has 2 rings (SSSR count). The SMILES string of the molecule is Cc1cccc2c1CC/C2=N/O. The number of benzene rings is 1. The first kappa shape index (κ1) is 7.35. The summed E-state index contributed by atoms with van der Waals surface area (Å²) in [7, 11) is 0. The summed E-state index contributed by atoms with van der Waals surface area (Å²) in [6.07, 6.45) is 1.89. The van der Waals surface area contributed by atoms with Gasteiger partial charge in [-0.3, -0.25) is 0 Å². The van der Waals surface area contributed by atoms with Crippen LogP contribution in [0.5, 0.6) is 0 Å². The number of nitrogens with zero attached hydrogens (tertiary/aromatic N) is 1. The van der Waals surface area contributed by atoms with Crippen LogP contribution in [0, 0.1) is 6.92 Å². The molecule has 0 fully saturated rings. The molecule has 12 heavy (non-hydrogen) atoms. The molecule has 1 aromatic rings. The van der Waals surface area contributed by atoms with Gasteiger partial charge in [0.15, 0.2) is 0 Å². The fourth-order valence-corrected chi connectivity index (χ4v) is 1.79. The number of fused-ring (bicyclic) bond motifs is 1. The molecule has 1 aliphatic rings. The minimum Gasteiger partial charge on any atom is -0.411 e. The lowest BCUT2D eigenvalue weighted by Gasteiger charge is -2.01. The molecule has 0 amide bonds. The van der Waals surface area contributed by atoms with E-state index in [9.17, 15) is 0 Å². The first-order valence-corrected chi connectivity index (χ1v) is 4.12. The minimum atomic E-state index is 0.828. The molecule has 0 unspecified atom stereocenters. The molecule has 2 heteroatoms. The van der Waals surface area contributed by atoms with Gasteiger partial charge in [0.25, 0.3) is 0 Å². The number of oxime groups is 1. The van der Waals surface area contributed by atoms with Crippen molar-refractivity contribution in [2.24, 2.45) is 5.16 Å². The third-order valence-electron chi connectivity index (χ3n) is 2.45. The summed E-state index contributed by atoms with van der Waals surface area (Å²) in [6, 6.07) is 6.12. The van der Waals surface area contributed by atoms with Crippen molar-refractivity contribution < 1.29 is 5.21 Å². The molecule has 62 valence electrons. The van der Waals surface area contributed by atoms with Crippen LogP contribution in [0.25, 0.3) is 0 Å². The van der Waals surface area contributed by atoms with Gasteiger partial charge in [0.1, 0.15) is 0 Å². The topological polar surface area (TPSA) is 32.6 Å². The summed E-state index contributed by atoms with van der Waals surface area (Å²) >= 11 is 0. The average Bonchev–Trinajstić information content (AvgIpc) is 2.49. The molecule has 0 bridgehead atoms. The van der Waals surface area contributed by atoms with Crippen LogP contribution in [0.4, 0.5) is 0 Å². The predicted molar refractivity (Wildman–Crippen MR) is 47.8 cm³/mol. The van der Waals surface area contributed by atoms with Crippen molar-refractivity contribution in [2.45, 2.75) is 19.8 Å². The van der Waals surface area contributed by atoms with Crippen molar-refractivity contribution in [3.8, 4) is 0 Å². The molecule has 1 aliphatic carbocycles. The summed E-state index contributed by atoms with van der Waals surface area (Å²) in [4.78, 5) is 0. The van der Waals surface area contributed by atoms with Gasteiger partial charge in [-0.05, 0) is 30.9 Å². The molecule has 0 aromatic heterocycles. The lowest BCUT2D eigenvalue weighted by Crippen LogP contribution is -1.93. The van der Waals surface area contributed by atoms with E-state index in [1.807, 2.05) is 12.1 Å². The van der Waals surface area contributed by atoms with E-state index in [-0.39, 0.29) is 0 Å². The highest BCUT2D eigenvalue weighted by atomic mass is 16.4. The van der Waals surface area contributed by atoms with Gasteiger partial charge >= 0.3 is 0 Å². The van der Waals surface area contributed by atoms with Crippen molar-refractivity contribution in [3.63, 3.8) is 0 Å². The lowest BCUT2D eigenvalue weighted by atomic mass is 10.0. The van der Waals surface area contributed by atoms with Crippen molar-refractivity contribution in [3.05, 3.63) is 34.9 Å². The van der Waals surface area contributed by atoms with Crippen LogP contribution < -0.4 is 0 Å². The van der Waals surface area contributed by atoms with Gasteiger partial charge in [-0.15, -0.1) is 0 Å². The Bertz CT molecular complexity index is 342. The van der Waals surface area contributed by atoms with Gasteiger partial charge in [-0.25, -0.2) is 0 Å². The zero-order chi connectivity index (χ0) is 8.55. The number of hydrogen-bond donors (Lipinski definition) is 1. The lowest BCUT2D eigenvalue weighted by molar-refractivity contribution is 0.318. The van der Waals surface area contributed by atoms with Crippen LogP contribution in [0.15, 0.2) is 23.4 Å². The molecule has 0 heterocycles. The Hall–Kier alpha value is -1.31. The first-order chi connectivity index (χ1) is 5.83. The van der Waals surface area contributed by atoms with Crippen LogP contribution >= 0.6 is 0 Å². The molecule has 1 aromatic carbocycles. The number of aryl methyl sites for hydroxylation is 1. The highest BCUT2D eigenvalue weighted by molar-refractivity contribution is 6.04. The molecule has 0 saturated heterocycles. The third-order valence-corrected chi connectivity index (χ3v) is 2.45. The highest BCUT2D eigenvalue weighted by Crippen LogP contribution is 2.24. The van der Waals surface area contributed by atoms with E-state index >= 15 is 0 Å². The van der Waals surface area contributed by atoms with Crippen LogP contribution in [0.2, 0.25) is 0 Å². The molecule has 2 nitrogen and oxygen atoms in total. The second kappa shape index (κ2) is 2.63. The zero-order valence-electron chi connectivity index (χ0n) is 7.04. The Morgan fingerprint density at radius 1 is 1.33 bits per heavy atom. The maximum Gasteiger partial charge on any atom is 0.0873 e. The summed E-state index contributed by atoms with van der Waals surface area (Å²) in [6.45, 7) is 2.10. The summed E-state index contributed by atoms with van der Waals surface area (Å²) < 4.78 is 0. The standard InChI is InChI=1S/C10H11NO/c1-7-3-2-4-9-8(7)5-6-10(9)11-12/h2-4,12H,5-6H2,1H3/b11-10-. The largest absolute Gasteiger partial charge is 0.411 e. The Morgan fingerprint density at radius 2 is 2.17 bits per heavy atom. The molecular formula is C10H11NO. The highest BCUT2D eigenvalue weighted by Gasteiger charge is 2.18. The molecule has 0 aliphatic heterocycles. The summed E-state index contributed by atoms with van der Waals surface area (Å²) in [5.74, 6) is 0. The van der Waals surface area contributed by atoms with Gasteiger partial charge < -0.3 is 5.21 Å². The number of rotatable bonds is 0. The second-order valence-corrected chi connectivity index (χ2v) is 3.15. The third kappa shape index (κ3) is 0.916. The monoisotopic (exact) mass is 161 g/mol. The van der Waals surface area contributed by atoms with Crippen LogP contribution in [-0.2, 0) is 6.42 Å². The first-order valence-electron chi connectivity index (χ1n) is 4.12. The van der Waals surface area contributed by atoms with Crippen molar-refractivity contribution in [1.29, 1.82) is 0 Å². The quantitative estimate of drug-likeness (QED) is 0.458. The molecular weight excluding hydrogens is 150 g/mol. The molecule has 1 N–H and O–H groups in total. The Morgan fingerprint density at radius 3 is 2.92 bits per heavy atom. The van der Waals surface area contributed by atoms with E-state index in [1.54, 1.807) is 0 Å². The maximum absolute atomic E-state index is 8.69. The fraction of sp³-hybridized carbons (Fsp3) is 0.300. The molecule has 0 spiro atoms. The van der Waals surface area contributed by atoms with E-state index in [0.717, 1.165) is 24.1 Å². The van der Waals surface area contributed by atoms with E-state index < -0.39 is 0 Å². The maximum atomic E-state index is 8.69. The van der Waals surface area contributed by atoms with Gasteiger partial charge in [0.05, 0.1) is 5.71 Å². The Balaban J connectivity index is 2.61. The Labute approximate surface area is 71.5 Å². The van der Waals surface area contributed by atoms with Crippen molar-refractivity contribution in [1.82, 2.24) is 0 Å². The van der Waals surface area contributed by atoms with Crippen molar-refractivity contribution >= 4 is 5.71 Å². The fourth-order valence-electron chi connectivity index (χ4n) is 1.79. The van der Waals surface area contributed by atoms with E-state index in [0.29, 0.717) is 0 Å². The van der Waals surface area contributed by atoms with Gasteiger partial charge in [-0.1, -0.05) is 23.4 Å². The molecule has 0 saturated carbocycles. The Kier molecular flexibility index (Phi) is 1.61. The number of hydrogen-bond acceptors (Lipinski definition) is 2. The van der Waals surface area contributed by atoms with Crippen LogP contribution in [-0.4, -0.2) is 10.9 Å². The normalized spacial score (nSPS) is 18.2. The van der Waals surface area contributed by atoms with Crippen molar-refractivity contribution in [2.75, 3.05) is 0 Å². The predicted octanol–water partition coefficient (Wildman–Crippen LogP) is 2.12. The zero-order valence-corrected chi connectivity index (χ0v) is 7.04. The average molecular weight is 161 g/mol.